The number of nitrogens with two attached hydrogens (primary N) is 1. The summed E-state index contributed by atoms with van der Waals surface area (Å²) in [7, 11) is 0. The normalized spacial score (nSPS) is 16.2. The summed E-state index contributed by atoms with van der Waals surface area (Å²) in [6, 6.07) is 29.9. The Morgan fingerprint density at radius 3 is 2.00 bits per heavy atom. The first-order chi connectivity index (χ1) is 14.2. The van der Waals surface area contributed by atoms with Crippen LogP contribution in [0.4, 0.5) is 0 Å². The number of hydrogen-bond acceptors (Lipinski definition) is 4. The maximum Gasteiger partial charge on any atom is 0.199 e. The van der Waals surface area contributed by atoms with Crippen LogP contribution in [0.15, 0.2) is 108 Å². The Morgan fingerprint density at radius 2 is 1.41 bits per heavy atom. The van der Waals surface area contributed by atoms with Crippen LogP contribution in [0, 0.1) is 11.3 Å². The number of ether oxygens (including phenoxy) is 1. The van der Waals surface area contributed by atoms with Gasteiger partial charge in [0.05, 0.1) is 23.1 Å². The lowest BCUT2D eigenvalue weighted by Gasteiger charge is -2.28. The maximum absolute atomic E-state index is 13.3. The molecule has 0 spiro atoms. The van der Waals surface area contributed by atoms with Crippen LogP contribution in [-0.4, -0.2) is 5.78 Å². The average Bonchev–Trinajstić information content (AvgIpc) is 2.79. The highest BCUT2D eigenvalue weighted by Crippen LogP contribution is 2.43. The van der Waals surface area contributed by atoms with Gasteiger partial charge in [0.25, 0.3) is 0 Å². The molecule has 0 amide bonds. The second-order valence-electron chi connectivity index (χ2n) is 6.64. The van der Waals surface area contributed by atoms with Crippen LogP contribution < -0.4 is 5.73 Å². The van der Waals surface area contributed by atoms with Gasteiger partial charge in [0.2, 0.25) is 0 Å². The van der Waals surface area contributed by atoms with E-state index in [2.05, 4.69) is 6.07 Å². The minimum Gasteiger partial charge on any atom is -0.439 e. The molecule has 3 aromatic rings. The van der Waals surface area contributed by atoms with Gasteiger partial charge in [-0.15, -0.1) is 0 Å². The van der Waals surface area contributed by atoms with Crippen molar-refractivity contribution in [2.75, 3.05) is 0 Å². The van der Waals surface area contributed by atoms with Gasteiger partial charge >= 0.3 is 0 Å². The quantitative estimate of drug-likeness (QED) is 0.662. The maximum atomic E-state index is 13.3. The fourth-order valence-corrected chi connectivity index (χ4v) is 3.52. The summed E-state index contributed by atoms with van der Waals surface area (Å²) >= 11 is 0. The van der Waals surface area contributed by atoms with Gasteiger partial charge in [0, 0.05) is 11.1 Å². The van der Waals surface area contributed by atoms with E-state index in [-0.39, 0.29) is 17.2 Å². The van der Waals surface area contributed by atoms with Crippen molar-refractivity contribution in [1.29, 1.82) is 5.26 Å². The number of hydrogen-bond donors (Lipinski definition) is 1. The van der Waals surface area contributed by atoms with Gasteiger partial charge in [-0.05, 0) is 5.56 Å². The smallest absolute Gasteiger partial charge is 0.199 e. The van der Waals surface area contributed by atoms with E-state index >= 15 is 0 Å². The van der Waals surface area contributed by atoms with E-state index in [1.54, 1.807) is 24.3 Å². The van der Waals surface area contributed by atoms with Crippen molar-refractivity contribution in [3.05, 3.63) is 125 Å². The molecule has 1 unspecified atom stereocenters. The Kier molecular flexibility index (Phi) is 4.96. The van der Waals surface area contributed by atoms with Crippen molar-refractivity contribution < 1.29 is 9.53 Å². The number of benzene rings is 3. The van der Waals surface area contributed by atoms with Crippen molar-refractivity contribution in [2.45, 2.75) is 5.92 Å². The summed E-state index contributed by atoms with van der Waals surface area (Å²) in [5.41, 5.74) is 8.96. The molecule has 1 atom stereocenters. The number of allylic oxidation sites excluding steroid dienone is 2. The molecule has 4 rings (SSSR count). The van der Waals surface area contributed by atoms with Gasteiger partial charge in [-0.25, -0.2) is 0 Å². The standard InChI is InChI=1S/C25H18N2O2/c26-16-20-21(17-10-4-1-5-11-17)22(23(28)18-12-6-2-7-13-18)25(27)29-24(20)19-14-8-3-9-15-19/h1-15,21H,27H2. The lowest BCUT2D eigenvalue weighted by atomic mass is 9.79. The predicted molar refractivity (Wildman–Crippen MR) is 111 cm³/mol. The topological polar surface area (TPSA) is 76.1 Å². The van der Waals surface area contributed by atoms with Gasteiger partial charge in [0.1, 0.15) is 0 Å². The molecule has 0 saturated heterocycles. The summed E-state index contributed by atoms with van der Waals surface area (Å²) in [6.07, 6.45) is 0. The molecule has 0 bridgehead atoms. The number of nitriles is 1. The number of carbonyl (C=O) groups is 1. The molecule has 4 heteroatoms. The first kappa shape index (κ1) is 18.3. The largest absolute Gasteiger partial charge is 0.439 e. The number of nitrogens with zero attached hydrogens (tertiary/aromatic N) is 1. The summed E-state index contributed by atoms with van der Waals surface area (Å²) in [6.45, 7) is 0. The van der Waals surface area contributed by atoms with Crippen molar-refractivity contribution in [2.24, 2.45) is 5.73 Å². The van der Waals surface area contributed by atoms with E-state index in [0.717, 1.165) is 11.1 Å². The molecule has 1 aliphatic rings. The molecule has 3 aromatic carbocycles. The third-order valence-electron chi connectivity index (χ3n) is 4.87. The first-order valence-electron chi connectivity index (χ1n) is 9.22. The minimum absolute atomic E-state index is 0.0190. The van der Waals surface area contributed by atoms with Crippen molar-refractivity contribution in [3.63, 3.8) is 0 Å². The highest BCUT2D eigenvalue weighted by Gasteiger charge is 2.37. The van der Waals surface area contributed by atoms with Gasteiger partial charge in [0.15, 0.2) is 17.4 Å². The Morgan fingerprint density at radius 1 is 0.862 bits per heavy atom. The summed E-state index contributed by atoms with van der Waals surface area (Å²) < 4.78 is 5.88. The Balaban J connectivity index is 1.92. The third kappa shape index (κ3) is 3.42. The summed E-state index contributed by atoms with van der Waals surface area (Å²) in [5, 5.41) is 10.0. The number of ketones is 1. The van der Waals surface area contributed by atoms with E-state index in [0.29, 0.717) is 16.9 Å². The SMILES string of the molecule is N#CC1=C(c2ccccc2)OC(N)=C(C(=O)c2ccccc2)C1c1ccccc1. The summed E-state index contributed by atoms with van der Waals surface area (Å²) in [4.78, 5) is 13.3. The van der Waals surface area contributed by atoms with Gasteiger partial charge in [-0.2, -0.15) is 5.26 Å². The zero-order valence-electron chi connectivity index (χ0n) is 15.6. The molecule has 0 radical (unpaired) electrons. The van der Waals surface area contributed by atoms with Crippen molar-refractivity contribution in [1.82, 2.24) is 0 Å². The molecule has 140 valence electrons. The highest BCUT2D eigenvalue weighted by molar-refractivity contribution is 6.11. The Labute approximate surface area is 169 Å². The molecule has 1 aliphatic heterocycles. The molecule has 0 aliphatic carbocycles. The van der Waals surface area contributed by atoms with Gasteiger partial charge in [-0.1, -0.05) is 91.0 Å². The first-order valence-corrected chi connectivity index (χ1v) is 9.22. The molecule has 29 heavy (non-hydrogen) atoms. The van der Waals surface area contributed by atoms with Crippen LogP contribution in [0.2, 0.25) is 0 Å². The van der Waals surface area contributed by atoms with Crippen LogP contribution >= 0.6 is 0 Å². The monoisotopic (exact) mass is 378 g/mol. The van der Waals surface area contributed by atoms with Crippen molar-refractivity contribution >= 4 is 11.5 Å². The van der Waals surface area contributed by atoms with Crippen LogP contribution in [-0.2, 0) is 4.74 Å². The Hall–Kier alpha value is -4.10. The molecule has 4 nitrogen and oxygen atoms in total. The van der Waals surface area contributed by atoms with Crippen LogP contribution in [0.25, 0.3) is 5.76 Å². The fraction of sp³-hybridized carbons (Fsp3) is 0.0400. The zero-order valence-corrected chi connectivity index (χ0v) is 15.6. The average molecular weight is 378 g/mol. The Bertz CT molecular complexity index is 1140. The van der Waals surface area contributed by atoms with E-state index < -0.39 is 5.92 Å². The van der Waals surface area contributed by atoms with Crippen molar-refractivity contribution in [3.8, 4) is 6.07 Å². The fourth-order valence-electron chi connectivity index (χ4n) is 3.52. The van der Waals surface area contributed by atoms with E-state index in [1.807, 2.05) is 66.7 Å². The second-order valence-corrected chi connectivity index (χ2v) is 6.64. The zero-order chi connectivity index (χ0) is 20.2. The number of carbonyl (C=O) groups excluding carboxylic acids is 1. The molecule has 2 N–H and O–H groups in total. The van der Waals surface area contributed by atoms with Crippen LogP contribution in [0.1, 0.15) is 27.4 Å². The molecule has 0 aromatic heterocycles. The van der Waals surface area contributed by atoms with E-state index in [1.165, 1.54) is 0 Å². The molecular formula is C25H18N2O2. The summed E-state index contributed by atoms with van der Waals surface area (Å²) in [5.74, 6) is -0.468. The van der Waals surface area contributed by atoms with Crippen LogP contribution in [0.3, 0.4) is 0 Å². The lowest BCUT2D eigenvalue weighted by Crippen LogP contribution is -2.25. The van der Waals surface area contributed by atoms with E-state index in [9.17, 15) is 10.1 Å². The van der Waals surface area contributed by atoms with Crippen LogP contribution in [0.5, 0.6) is 0 Å². The third-order valence-corrected chi connectivity index (χ3v) is 4.87. The second kappa shape index (κ2) is 7.87. The molecule has 1 heterocycles. The molecule has 0 saturated carbocycles. The molecule has 0 fully saturated rings. The highest BCUT2D eigenvalue weighted by atomic mass is 16.5. The van der Waals surface area contributed by atoms with Gasteiger partial charge < -0.3 is 10.5 Å². The number of rotatable bonds is 4. The van der Waals surface area contributed by atoms with E-state index in [4.69, 9.17) is 10.5 Å². The predicted octanol–water partition coefficient (Wildman–Crippen LogP) is 4.79. The number of Topliss-reactive ketones (excluding diaryl/α,β-unsaturated/α-hetero) is 1. The lowest BCUT2D eigenvalue weighted by molar-refractivity contribution is 0.102. The van der Waals surface area contributed by atoms with Gasteiger partial charge in [-0.3, -0.25) is 4.79 Å². The molecular weight excluding hydrogens is 360 g/mol. The minimum atomic E-state index is -0.613.